The normalized spacial score (nSPS) is 23.3. The number of nitrogens with one attached hydrogen (secondary N) is 2. The maximum Gasteiger partial charge on any atom is 0.317 e. The van der Waals surface area contributed by atoms with Crippen LogP contribution in [0.2, 0.25) is 0 Å². The van der Waals surface area contributed by atoms with Crippen molar-refractivity contribution in [3.8, 4) is 0 Å². The third kappa shape index (κ3) is 4.24. The molecule has 1 aromatic heterocycles. The van der Waals surface area contributed by atoms with Gasteiger partial charge in [0.15, 0.2) is 0 Å². The Hall–Kier alpha value is -1.80. The fourth-order valence-electron chi connectivity index (χ4n) is 3.55. The number of halogens is 1. The van der Waals surface area contributed by atoms with E-state index in [9.17, 15) is 9.59 Å². The van der Waals surface area contributed by atoms with Crippen LogP contribution in [0.5, 0.6) is 0 Å². The van der Waals surface area contributed by atoms with E-state index in [1.165, 1.54) is 0 Å². The minimum absolute atomic E-state index is 0. The first-order valence-electron chi connectivity index (χ1n) is 8.61. The molecule has 9 heteroatoms. The summed E-state index contributed by atoms with van der Waals surface area (Å²) in [6.07, 6.45) is 3.84. The fourth-order valence-corrected chi connectivity index (χ4v) is 3.55. The molecule has 3 amide bonds. The van der Waals surface area contributed by atoms with E-state index in [0.717, 1.165) is 12.1 Å². The largest absolute Gasteiger partial charge is 0.339 e. The molecule has 0 unspecified atom stereocenters. The number of rotatable bonds is 3. The van der Waals surface area contributed by atoms with Crippen LogP contribution in [-0.2, 0) is 11.8 Å². The highest BCUT2D eigenvalue weighted by atomic mass is 35.5. The second-order valence-electron chi connectivity index (χ2n) is 6.47. The van der Waals surface area contributed by atoms with Crippen LogP contribution in [0.15, 0.2) is 12.4 Å². The molecule has 2 atom stereocenters. The highest BCUT2D eigenvalue weighted by Gasteiger charge is 2.38. The maximum atomic E-state index is 12.9. The van der Waals surface area contributed by atoms with Gasteiger partial charge in [-0.25, -0.2) is 4.79 Å². The molecule has 140 valence electrons. The second kappa shape index (κ2) is 8.53. The smallest absolute Gasteiger partial charge is 0.317 e. The van der Waals surface area contributed by atoms with E-state index in [-0.39, 0.29) is 36.2 Å². The number of carbonyl (C=O) groups is 2. The summed E-state index contributed by atoms with van der Waals surface area (Å²) in [6, 6.07) is -0.0413. The summed E-state index contributed by atoms with van der Waals surface area (Å²) in [5, 5.41) is 10.4. The first kappa shape index (κ1) is 19.5. The van der Waals surface area contributed by atoms with Gasteiger partial charge in [-0.05, 0) is 12.5 Å². The minimum Gasteiger partial charge on any atom is -0.339 e. The number of piperazine rings is 1. The molecule has 2 fully saturated rings. The summed E-state index contributed by atoms with van der Waals surface area (Å²) in [4.78, 5) is 28.5. The van der Waals surface area contributed by atoms with Crippen LogP contribution in [0.3, 0.4) is 0 Å². The van der Waals surface area contributed by atoms with Gasteiger partial charge in [0, 0.05) is 65.0 Å². The van der Waals surface area contributed by atoms with Crippen LogP contribution < -0.4 is 10.6 Å². The predicted octanol–water partition coefficient (Wildman–Crippen LogP) is 0.0186. The van der Waals surface area contributed by atoms with Crippen molar-refractivity contribution in [3.05, 3.63) is 18.0 Å². The lowest BCUT2D eigenvalue weighted by atomic mass is 9.89. The van der Waals surface area contributed by atoms with Crippen molar-refractivity contribution < 1.29 is 9.59 Å². The number of carbonyl (C=O) groups excluding carboxylic acids is 2. The number of aryl methyl sites for hydroxylation is 1. The molecule has 0 spiro atoms. The molecule has 0 radical (unpaired) electrons. The van der Waals surface area contributed by atoms with Gasteiger partial charge in [0.25, 0.3) is 0 Å². The Morgan fingerprint density at radius 2 is 1.92 bits per heavy atom. The SMILES string of the molecule is CCNC(=O)N1CCN(C(=O)[C@H]2CNC[C@@H]2c2cnn(C)c2)CC1.Cl. The van der Waals surface area contributed by atoms with Crippen LogP contribution in [0.25, 0.3) is 0 Å². The summed E-state index contributed by atoms with van der Waals surface area (Å²) in [5.74, 6) is 0.308. The Balaban J connectivity index is 0.00000225. The predicted molar refractivity (Wildman–Crippen MR) is 96.8 cm³/mol. The molecule has 0 aliphatic carbocycles. The van der Waals surface area contributed by atoms with Crippen molar-refractivity contribution in [2.75, 3.05) is 45.8 Å². The summed E-state index contributed by atoms with van der Waals surface area (Å²) in [5.41, 5.74) is 1.11. The van der Waals surface area contributed by atoms with Crippen LogP contribution >= 0.6 is 12.4 Å². The van der Waals surface area contributed by atoms with E-state index >= 15 is 0 Å². The third-order valence-electron chi connectivity index (χ3n) is 4.89. The number of aromatic nitrogens is 2. The standard InChI is InChI=1S/C16H26N6O2.ClH/c1-3-18-16(24)22-6-4-21(5-7-22)15(23)14-10-17-9-13(14)12-8-19-20(2)11-12;/h8,11,13-14,17H,3-7,9-10H2,1-2H3,(H,18,24);1H/t13-,14+;/m1./s1. The zero-order valence-corrected chi connectivity index (χ0v) is 15.6. The van der Waals surface area contributed by atoms with Crippen molar-refractivity contribution in [2.24, 2.45) is 13.0 Å². The van der Waals surface area contributed by atoms with E-state index in [4.69, 9.17) is 0 Å². The Morgan fingerprint density at radius 3 is 2.52 bits per heavy atom. The number of amides is 3. The topological polar surface area (TPSA) is 82.5 Å². The first-order chi connectivity index (χ1) is 11.6. The Morgan fingerprint density at radius 1 is 1.24 bits per heavy atom. The summed E-state index contributed by atoms with van der Waals surface area (Å²) >= 11 is 0. The lowest BCUT2D eigenvalue weighted by Crippen LogP contribution is -2.54. The third-order valence-corrected chi connectivity index (χ3v) is 4.89. The van der Waals surface area contributed by atoms with Crippen LogP contribution in [0.1, 0.15) is 18.4 Å². The van der Waals surface area contributed by atoms with Crippen molar-refractivity contribution in [1.29, 1.82) is 0 Å². The molecule has 2 aliphatic heterocycles. The monoisotopic (exact) mass is 370 g/mol. The molecule has 3 heterocycles. The molecule has 0 aromatic carbocycles. The highest BCUT2D eigenvalue weighted by Crippen LogP contribution is 2.29. The van der Waals surface area contributed by atoms with E-state index < -0.39 is 0 Å². The number of nitrogens with zero attached hydrogens (tertiary/aromatic N) is 4. The summed E-state index contributed by atoms with van der Waals surface area (Å²) in [6.45, 7) is 6.43. The zero-order valence-electron chi connectivity index (χ0n) is 14.8. The zero-order chi connectivity index (χ0) is 17.1. The Bertz CT molecular complexity index is 599. The summed E-state index contributed by atoms with van der Waals surface area (Å²) < 4.78 is 1.78. The van der Waals surface area contributed by atoms with Gasteiger partial charge in [-0.3, -0.25) is 9.48 Å². The quantitative estimate of drug-likeness (QED) is 0.785. The van der Waals surface area contributed by atoms with Gasteiger partial charge in [-0.1, -0.05) is 0 Å². The lowest BCUT2D eigenvalue weighted by molar-refractivity contribution is -0.136. The van der Waals surface area contributed by atoms with Gasteiger partial charge >= 0.3 is 6.03 Å². The molecule has 3 rings (SSSR count). The lowest BCUT2D eigenvalue weighted by Gasteiger charge is -2.36. The van der Waals surface area contributed by atoms with Gasteiger partial charge in [0.05, 0.1) is 12.1 Å². The van der Waals surface area contributed by atoms with Crippen LogP contribution in [-0.4, -0.2) is 77.3 Å². The average Bonchev–Trinajstić information content (AvgIpc) is 3.23. The second-order valence-corrected chi connectivity index (χ2v) is 6.47. The molecule has 0 saturated carbocycles. The van der Waals surface area contributed by atoms with E-state index in [2.05, 4.69) is 15.7 Å². The highest BCUT2D eigenvalue weighted by molar-refractivity contribution is 5.85. The number of urea groups is 1. The molecule has 2 N–H and O–H groups in total. The number of hydrogen-bond acceptors (Lipinski definition) is 4. The Labute approximate surface area is 154 Å². The average molecular weight is 371 g/mol. The van der Waals surface area contributed by atoms with Crippen molar-refractivity contribution in [2.45, 2.75) is 12.8 Å². The van der Waals surface area contributed by atoms with Crippen molar-refractivity contribution >= 4 is 24.3 Å². The van der Waals surface area contributed by atoms with E-state index in [1.54, 1.807) is 9.58 Å². The van der Waals surface area contributed by atoms with Gasteiger partial charge < -0.3 is 20.4 Å². The van der Waals surface area contributed by atoms with Gasteiger partial charge in [0.2, 0.25) is 5.91 Å². The molecule has 8 nitrogen and oxygen atoms in total. The first-order valence-corrected chi connectivity index (χ1v) is 8.61. The number of hydrogen-bond donors (Lipinski definition) is 2. The molecular weight excluding hydrogens is 344 g/mol. The molecule has 1 aromatic rings. The Kier molecular flexibility index (Phi) is 6.66. The van der Waals surface area contributed by atoms with Crippen molar-refractivity contribution in [1.82, 2.24) is 30.2 Å². The van der Waals surface area contributed by atoms with Crippen molar-refractivity contribution in [3.63, 3.8) is 0 Å². The molecule has 2 saturated heterocycles. The minimum atomic E-state index is -0.0507. The van der Waals surface area contributed by atoms with Gasteiger partial charge in [0.1, 0.15) is 0 Å². The maximum absolute atomic E-state index is 12.9. The van der Waals surface area contributed by atoms with E-state index in [0.29, 0.717) is 39.3 Å². The summed E-state index contributed by atoms with van der Waals surface area (Å²) in [7, 11) is 1.89. The van der Waals surface area contributed by atoms with Crippen LogP contribution in [0.4, 0.5) is 4.79 Å². The van der Waals surface area contributed by atoms with Crippen LogP contribution in [0, 0.1) is 5.92 Å². The molecular formula is C16H27ClN6O2. The van der Waals surface area contributed by atoms with Gasteiger partial charge in [-0.15, -0.1) is 12.4 Å². The molecule has 2 aliphatic rings. The fraction of sp³-hybridized carbons (Fsp3) is 0.688. The van der Waals surface area contributed by atoms with E-state index in [1.807, 2.05) is 31.3 Å². The molecule has 0 bridgehead atoms. The van der Waals surface area contributed by atoms with Gasteiger partial charge in [-0.2, -0.15) is 5.10 Å². The molecule has 25 heavy (non-hydrogen) atoms.